The van der Waals surface area contributed by atoms with E-state index in [0.717, 1.165) is 6.92 Å². The highest BCUT2D eigenvalue weighted by molar-refractivity contribution is 5.58. The van der Waals surface area contributed by atoms with Crippen molar-refractivity contribution in [3.05, 3.63) is 42.2 Å². The molecular formula is C15H15F2N5O. The second kappa shape index (κ2) is 5.02. The summed E-state index contributed by atoms with van der Waals surface area (Å²) in [4.78, 5) is 15.9. The molecule has 0 aliphatic rings. The summed E-state index contributed by atoms with van der Waals surface area (Å²) in [6.07, 6.45) is 4.45. The highest BCUT2D eigenvalue weighted by Crippen LogP contribution is 2.26. The molecule has 6 nitrogen and oxygen atoms in total. The maximum absolute atomic E-state index is 13.4. The van der Waals surface area contributed by atoms with Crippen molar-refractivity contribution in [2.45, 2.75) is 32.3 Å². The molecule has 23 heavy (non-hydrogen) atoms. The van der Waals surface area contributed by atoms with Crippen LogP contribution >= 0.6 is 0 Å². The smallest absolute Gasteiger partial charge is 0.303 e. The van der Waals surface area contributed by atoms with Crippen molar-refractivity contribution in [3.63, 3.8) is 0 Å². The molecule has 120 valence electrons. The summed E-state index contributed by atoms with van der Waals surface area (Å²) in [5, 5.41) is 9.99. The van der Waals surface area contributed by atoms with E-state index in [4.69, 9.17) is 0 Å². The van der Waals surface area contributed by atoms with Gasteiger partial charge in [-0.2, -0.15) is 8.78 Å². The van der Waals surface area contributed by atoms with Crippen LogP contribution in [0.15, 0.2) is 30.7 Å². The van der Waals surface area contributed by atoms with Crippen LogP contribution in [-0.2, 0) is 11.5 Å². The number of aromatic nitrogens is 5. The molecule has 0 unspecified atom stereocenters. The summed E-state index contributed by atoms with van der Waals surface area (Å²) in [5.41, 5.74) is 0.204. The van der Waals surface area contributed by atoms with Gasteiger partial charge in [-0.3, -0.25) is 4.40 Å². The van der Waals surface area contributed by atoms with E-state index in [2.05, 4.69) is 19.9 Å². The molecule has 0 bridgehead atoms. The van der Waals surface area contributed by atoms with Gasteiger partial charge in [-0.05, 0) is 26.0 Å². The zero-order valence-corrected chi connectivity index (χ0v) is 12.8. The van der Waals surface area contributed by atoms with Crippen molar-refractivity contribution < 1.29 is 13.9 Å². The molecule has 0 atom stereocenters. The minimum absolute atomic E-state index is 0.321. The van der Waals surface area contributed by atoms with Crippen molar-refractivity contribution in [3.8, 4) is 11.4 Å². The zero-order chi connectivity index (χ0) is 16.8. The van der Waals surface area contributed by atoms with Crippen LogP contribution in [0.1, 0.15) is 32.3 Å². The number of halogens is 2. The maximum Gasteiger partial charge on any atom is 0.303 e. The first kappa shape index (κ1) is 15.4. The third-order valence-corrected chi connectivity index (χ3v) is 3.32. The van der Waals surface area contributed by atoms with Gasteiger partial charge in [-0.15, -0.1) is 0 Å². The van der Waals surface area contributed by atoms with Gasteiger partial charge in [0.25, 0.3) is 0 Å². The van der Waals surface area contributed by atoms with Gasteiger partial charge in [0.2, 0.25) is 5.78 Å². The largest absolute Gasteiger partial charge is 0.384 e. The van der Waals surface area contributed by atoms with Crippen LogP contribution in [0.2, 0.25) is 0 Å². The lowest BCUT2D eigenvalue weighted by Gasteiger charge is -2.16. The Labute approximate surface area is 130 Å². The number of hydrogen-bond donors (Lipinski definition) is 1. The molecule has 1 N–H and O–H groups in total. The van der Waals surface area contributed by atoms with E-state index >= 15 is 0 Å². The van der Waals surface area contributed by atoms with Gasteiger partial charge < -0.3 is 5.11 Å². The molecule has 0 amide bonds. The maximum atomic E-state index is 13.4. The summed E-state index contributed by atoms with van der Waals surface area (Å²) in [7, 11) is 0. The Balaban J connectivity index is 2.11. The van der Waals surface area contributed by atoms with Crippen LogP contribution < -0.4 is 0 Å². The van der Waals surface area contributed by atoms with Crippen LogP contribution in [0.5, 0.6) is 0 Å². The molecule has 0 saturated heterocycles. The predicted molar refractivity (Wildman–Crippen MR) is 78.8 cm³/mol. The van der Waals surface area contributed by atoms with Crippen molar-refractivity contribution in [2.24, 2.45) is 0 Å². The fourth-order valence-corrected chi connectivity index (χ4v) is 2.11. The second-order valence-electron chi connectivity index (χ2n) is 5.84. The molecule has 0 fully saturated rings. The first-order valence-corrected chi connectivity index (χ1v) is 6.95. The fraction of sp³-hybridized carbons (Fsp3) is 0.333. The Morgan fingerprint density at radius 1 is 1.09 bits per heavy atom. The van der Waals surface area contributed by atoms with E-state index in [-0.39, 0.29) is 0 Å². The molecule has 0 radical (unpaired) electrons. The number of fused-ring (bicyclic) bond motifs is 1. The Morgan fingerprint density at radius 2 is 1.83 bits per heavy atom. The molecule has 0 aromatic carbocycles. The zero-order valence-electron chi connectivity index (χ0n) is 12.8. The Morgan fingerprint density at radius 3 is 2.48 bits per heavy atom. The topological polar surface area (TPSA) is 76.2 Å². The van der Waals surface area contributed by atoms with Gasteiger partial charge in [0.1, 0.15) is 5.60 Å². The number of aliphatic hydroxyl groups is 1. The second-order valence-corrected chi connectivity index (χ2v) is 5.84. The number of imidazole rings is 1. The molecule has 0 saturated carbocycles. The fourth-order valence-electron chi connectivity index (χ4n) is 2.11. The summed E-state index contributed by atoms with van der Waals surface area (Å²) >= 11 is 0. The molecule has 3 rings (SSSR count). The van der Waals surface area contributed by atoms with Gasteiger partial charge in [0, 0.05) is 19.3 Å². The average Bonchev–Trinajstić information content (AvgIpc) is 2.88. The van der Waals surface area contributed by atoms with E-state index in [0.29, 0.717) is 22.9 Å². The third kappa shape index (κ3) is 2.89. The van der Waals surface area contributed by atoms with Gasteiger partial charge in [0.15, 0.2) is 5.82 Å². The van der Waals surface area contributed by atoms with Gasteiger partial charge in [0.05, 0.1) is 23.3 Å². The molecule has 3 heterocycles. The molecule has 0 aliphatic heterocycles. The summed E-state index contributed by atoms with van der Waals surface area (Å²) in [6.45, 7) is 3.99. The minimum Gasteiger partial charge on any atom is -0.384 e. The Kier molecular flexibility index (Phi) is 3.36. The third-order valence-electron chi connectivity index (χ3n) is 3.32. The lowest BCUT2D eigenvalue weighted by atomic mass is 10.1. The first-order valence-electron chi connectivity index (χ1n) is 6.95. The van der Waals surface area contributed by atoms with E-state index in [1.165, 1.54) is 18.5 Å². The van der Waals surface area contributed by atoms with E-state index < -0.39 is 17.3 Å². The monoisotopic (exact) mass is 319 g/mol. The van der Waals surface area contributed by atoms with Gasteiger partial charge in [-0.25, -0.2) is 19.9 Å². The minimum atomic E-state index is -3.12. The lowest BCUT2D eigenvalue weighted by molar-refractivity contribution is 0.00778. The summed E-state index contributed by atoms with van der Waals surface area (Å²) < 4.78 is 28.4. The average molecular weight is 319 g/mol. The van der Waals surface area contributed by atoms with Crippen molar-refractivity contribution >= 4 is 5.78 Å². The van der Waals surface area contributed by atoms with E-state index in [1.54, 1.807) is 30.5 Å². The highest BCUT2D eigenvalue weighted by atomic mass is 19.3. The summed E-state index contributed by atoms with van der Waals surface area (Å²) in [5.74, 6) is -3.32. The van der Waals surface area contributed by atoms with Crippen LogP contribution in [0.3, 0.4) is 0 Å². The molecule has 0 spiro atoms. The standard InChI is InChI=1S/C15H15F2N5O/c1-14(2,23)11-5-7-22-10(8-19-13(22)21-11)9-4-6-18-12(20-9)15(3,16)17/h4-8,23H,1-3H3. The van der Waals surface area contributed by atoms with Gasteiger partial charge in [-0.1, -0.05) is 0 Å². The first-order chi connectivity index (χ1) is 10.7. The SMILES string of the molecule is CC(C)(O)c1ccn2c(-c3ccnc(C(C)(F)F)n3)cnc2n1. The number of nitrogens with zero attached hydrogens (tertiary/aromatic N) is 5. The molecule has 3 aromatic heterocycles. The predicted octanol–water partition coefficient (Wildman–Crippen LogP) is 2.53. The lowest BCUT2D eigenvalue weighted by Crippen LogP contribution is -2.18. The normalized spacial score (nSPS) is 12.8. The van der Waals surface area contributed by atoms with E-state index in [1.807, 2.05) is 0 Å². The van der Waals surface area contributed by atoms with Crippen molar-refractivity contribution in [1.82, 2.24) is 24.3 Å². The van der Waals surface area contributed by atoms with E-state index in [9.17, 15) is 13.9 Å². The van der Waals surface area contributed by atoms with Crippen LogP contribution in [0.25, 0.3) is 17.2 Å². The number of alkyl halides is 2. The summed E-state index contributed by atoms with van der Waals surface area (Å²) in [6, 6.07) is 3.18. The quantitative estimate of drug-likeness (QED) is 0.803. The molecule has 0 aliphatic carbocycles. The molecule has 3 aromatic rings. The van der Waals surface area contributed by atoms with Crippen molar-refractivity contribution in [1.29, 1.82) is 0 Å². The highest BCUT2D eigenvalue weighted by Gasteiger charge is 2.28. The number of hydrogen-bond acceptors (Lipinski definition) is 5. The van der Waals surface area contributed by atoms with Crippen molar-refractivity contribution in [2.75, 3.05) is 0 Å². The Hall–Kier alpha value is -2.48. The van der Waals surface area contributed by atoms with Gasteiger partial charge >= 0.3 is 5.92 Å². The Bertz CT molecular complexity index is 864. The number of rotatable bonds is 3. The van der Waals surface area contributed by atoms with Crippen LogP contribution in [0.4, 0.5) is 8.78 Å². The van der Waals surface area contributed by atoms with Crippen LogP contribution in [-0.4, -0.2) is 29.4 Å². The molecule has 8 heteroatoms. The van der Waals surface area contributed by atoms with Crippen LogP contribution in [0, 0.1) is 0 Å². The molecular weight excluding hydrogens is 304 g/mol.